The number of carbonyl (C=O) groups excluding carboxylic acids is 2. The van der Waals surface area contributed by atoms with Gasteiger partial charge in [-0.2, -0.15) is 0 Å². The first-order valence-corrected chi connectivity index (χ1v) is 11.0. The first-order chi connectivity index (χ1) is 15.7. The van der Waals surface area contributed by atoms with Crippen molar-refractivity contribution >= 4 is 18.0 Å². The summed E-state index contributed by atoms with van der Waals surface area (Å²) in [5.41, 5.74) is 3.41. The molecule has 1 aliphatic heterocycles. The number of carboxylic acid groups (broad SMARTS) is 1. The van der Waals surface area contributed by atoms with Crippen LogP contribution in [0.2, 0.25) is 0 Å². The van der Waals surface area contributed by atoms with Crippen LogP contribution in [-0.4, -0.2) is 64.9 Å². The van der Waals surface area contributed by atoms with Crippen molar-refractivity contribution in [2.75, 3.05) is 19.7 Å². The largest absolute Gasteiger partial charge is 0.480 e. The van der Waals surface area contributed by atoms with E-state index in [2.05, 4.69) is 17.4 Å². The van der Waals surface area contributed by atoms with E-state index in [-0.39, 0.29) is 32.0 Å². The lowest BCUT2D eigenvalue weighted by Gasteiger charge is -2.31. The van der Waals surface area contributed by atoms with Crippen molar-refractivity contribution in [3.63, 3.8) is 0 Å². The number of aliphatic hydroxyl groups excluding tert-OH is 1. The summed E-state index contributed by atoms with van der Waals surface area (Å²) in [6.45, 7) is 3.35. The summed E-state index contributed by atoms with van der Waals surface area (Å²) >= 11 is 0. The van der Waals surface area contributed by atoms with Crippen LogP contribution in [-0.2, 0) is 14.3 Å². The van der Waals surface area contributed by atoms with Gasteiger partial charge in [0.2, 0.25) is 5.91 Å². The number of carboxylic acids is 1. The first-order valence-electron chi connectivity index (χ1n) is 11.0. The van der Waals surface area contributed by atoms with Gasteiger partial charge in [-0.15, -0.1) is 0 Å². The second-order valence-corrected chi connectivity index (χ2v) is 9.26. The highest BCUT2D eigenvalue weighted by molar-refractivity contribution is 5.88. The zero-order valence-electron chi connectivity index (χ0n) is 18.7. The highest BCUT2D eigenvalue weighted by Crippen LogP contribution is 2.44. The van der Waals surface area contributed by atoms with Gasteiger partial charge in [0.25, 0.3) is 0 Å². The molecule has 0 radical (unpaired) electrons. The Hall–Kier alpha value is -3.39. The third-order valence-electron chi connectivity index (χ3n) is 6.42. The fourth-order valence-corrected chi connectivity index (χ4v) is 4.68. The van der Waals surface area contributed by atoms with Crippen LogP contribution in [0, 0.1) is 5.41 Å². The van der Waals surface area contributed by atoms with Crippen molar-refractivity contribution in [2.45, 2.75) is 38.3 Å². The fraction of sp³-hybridized carbons (Fsp3) is 0.400. The van der Waals surface area contributed by atoms with E-state index >= 15 is 0 Å². The van der Waals surface area contributed by atoms with Crippen LogP contribution in [0.25, 0.3) is 11.1 Å². The Morgan fingerprint density at radius 3 is 2.21 bits per heavy atom. The Bertz CT molecular complexity index is 1040. The number of β-amino-alcohol motifs (C(OH)–C–C–N with tert-alkyl or cyclic N) is 1. The third-order valence-corrected chi connectivity index (χ3v) is 6.42. The lowest BCUT2D eigenvalue weighted by Crippen LogP contribution is -2.50. The Kier molecular flexibility index (Phi) is 6.12. The smallest absolute Gasteiger partial charge is 0.407 e. The number of ether oxygens (including phenoxy) is 1. The number of alkyl carbamates (subject to hydrolysis) is 1. The Morgan fingerprint density at radius 2 is 1.64 bits per heavy atom. The van der Waals surface area contributed by atoms with E-state index in [4.69, 9.17) is 4.74 Å². The van der Waals surface area contributed by atoms with Gasteiger partial charge >= 0.3 is 12.1 Å². The topological polar surface area (TPSA) is 116 Å². The predicted molar refractivity (Wildman–Crippen MR) is 121 cm³/mol. The molecule has 2 atom stereocenters. The number of hydrogen-bond donors (Lipinski definition) is 3. The van der Waals surface area contributed by atoms with Gasteiger partial charge in [0.15, 0.2) is 0 Å². The SMILES string of the molecule is CC(C)(CNC(=O)OCC1c2ccccc2-c2ccccc21)C(=O)N1C[C@H](O)C[C@@H]1C(=O)O. The van der Waals surface area contributed by atoms with E-state index in [1.165, 1.54) is 4.90 Å². The summed E-state index contributed by atoms with van der Waals surface area (Å²) in [6.07, 6.45) is -1.52. The quantitative estimate of drug-likeness (QED) is 0.620. The normalized spacial score (nSPS) is 19.7. The lowest BCUT2D eigenvalue weighted by atomic mass is 9.91. The molecular formula is C25H28N2O6. The molecule has 0 aromatic heterocycles. The highest BCUT2D eigenvalue weighted by Gasteiger charge is 2.44. The fourth-order valence-electron chi connectivity index (χ4n) is 4.68. The number of amides is 2. The van der Waals surface area contributed by atoms with Crippen molar-refractivity contribution in [1.82, 2.24) is 10.2 Å². The molecule has 2 aromatic rings. The van der Waals surface area contributed by atoms with Crippen LogP contribution in [0.15, 0.2) is 48.5 Å². The number of aliphatic hydroxyl groups is 1. The van der Waals surface area contributed by atoms with Gasteiger partial charge in [0.05, 0.1) is 11.5 Å². The van der Waals surface area contributed by atoms with Crippen LogP contribution in [0.3, 0.4) is 0 Å². The molecular weight excluding hydrogens is 424 g/mol. The van der Waals surface area contributed by atoms with E-state index in [0.717, 1.165) is 22.3 Å². The van der Waals surface area contributed by atoms with E-state index in [1.807, 2.05) is 36.4 Å². The van der Waals surface area contributed by atoms with Crippen LogP contribution in [0.1, 0.15) is 37.3 Å². The summed E-state index contributed by atoms with van der Waals surface area (Å²) in [5.74, 6) is -1.66. The molecule has 0 unspecified atom stereocenters. The molecule has 0 bridgehead atoms. The number of fused-ring (bicyclic) bond motifs is 3. The Labute approximate surface area is 192 Å². The van der Waals surface area contributed by atoms with Gasteiger partial charge in [-0.3, -0.25) is 4.79 Å². The van der Waals surface area contributed by atoms with Gasteiger partial charge < -0.3 is 25.2 Å². The number of carbonyl (C=O) groups is 3. The van der Waals surface area contributed by atoms with Crippen LogP contribution in [0.5, 0.6) is 0 Å². The number of hydrogen-bond acceptors (Lipinski definition) is 5. The summed E-state index contributed by atoms with van der Waals surface area (Å²) in [4.78, 5) is 38.0. The monoisotopic (exact) mass is 452 g/mol. The first kappa shape index (κ1) is 22.8. The number of rotatable bonds is 6. The summed E-state index contributed by atoms with van der Waals surface area (Å²) in [7, 11) is 0. The van der Waals surface area contributed by atoms with Gasteiger partial charge in [-0.1, -0.05) is 48.5 Å². The van der Waals surface area contributed by atoms with E-state index < -0.39 is 35.5 Å². The average molecular weight is 453 g/mol. The minimum Gasteiger partial charge on any atom is -0.480 e. The third kappa shape index (κ3) is 4.43. The maximum Gasteiger partial charge on any atom is 0.407 e. The molecule has 0 saturated carbocycles. The van der Waals surface area contributed by atoms with E-state index in [1.54, 1.807) is 13.8 Å². The molecule has 2 aliphatic rings. The predicted octanol–water partition coefficient (Wildman–Crippen LogP) is 2.60. The zero-order valence-corrected chi connectivity index (χ0v) is 18.7. The number of aliphatic carboxylic acids is 1. The summed E-state index contributed by atoms with van der Waals surface area (Å²) in [6, 6.07) is 15.0. The van der Waals surface area contributed by atoms with Crippen molar-refractivity contribution in [1.29, 1.82) is 0 Å². The molecule has 1 saturated heterocycles. The second kappa shape index (κ2) is 8.86. The minimum atomic E-state index is -1.15. The van der Waals surface area contributed by atoms with Crippen LogP contribution in [0.4, 0.5) is 4.79 Å². The summed E-state index contributed by atoms with van der Waals surface area (Å²) < 4.78 is 5.51. The highest BCUT2D eigenvalue weighted by atomic mass is 16.5. The molecule has 4 rings (SSSR count). The molecule has 2 aromatic carbocycles. The molecule has 0 spiro atoms. The van der Waals surface area contributed by atoms with Gasteiger partial charge in [-0.25, -0.2) is 9.59 Å². The maximum absolute atomic E-state index is 12.9. The molecule has 8 nitrogen and oxygen atoms in total. The van der Waals surface area contributed by atoms with Gasteiger partial charge in [0, 0.05) is 25.4 Å². The Morgan fingerprint density at radius 1 is 1.06 bits per heavy atom. The molecule has 3 N–H and O–H groups in total. The van der Waals surface area contributed by atoms with Crippen molar-refractivity contribution in [3.05, 3.63) is 59.7 Å². The lowest BCUT2D eigenvalue weighted by molar-refractivity contribution is -0.152. The number of nitrogens with one attached hydrogen (secondary N) is 1. The summed E-state index contributed by atoms with van der Waals surface area (Å²) in [5, 5.41) is 21.8. The molecule has 2 amide bonds. The second-order valence-electron chi connectivity index (χ2n) is 9.26. The van der Waals surface area contributed by atoms with Crippen LogP contribution < -0.4 is 5.32 Å². The number of nitrogens with zero attached hydrogens (tertiary/aromatic N) is 1. The van der Waals surface area contributed by atoms with Crippen molar-refractivity contribution in [2.24, 2.45) is 5.41 Å². The van der Waals surface area contributed by atoms with Gasteiger partial charge in [-0.05, 0) is 36.1 Å². The molecule has 1 aliphatic carbocycles. The Balaban J connectivity index is 1.36. The molecule has 33 heavy (non-hydrogen) atoms. The number of benzene rings is 2. The van der Waals surface area contributed by atoms with E-state index in [0.29, 0.717) is 0 Å². The van der Waals surface area contributed by atoms with Crippen molar-refractivity contribution < 1.29 is 29.3 Å². The van der Waals surface area contributed by atoms with Gasteiger partial charge in [0.1, 0.15) is 12.6 Å². The number of likely N-dealkylation sites (tertiary alicyclic amines) is 1. The van der Waals surface area contributed by atoms with Crippen LogP contribution >= 0.6 is 0 Å². The van der Waals surface area contributed by atoms with Crippen molar-refractivity contribution in [3.8, 4) is 11.1 Å². The van der Waals surface area contributed by atoms with E-state index in [9.17, 15) is 24.6 Å². The molecule has 1 fully saturated rings. The molecule has 1 heterocycles. The standard InChI is InChI=1S/C25H28N2O6/c1-25(2,23(31)27-12-15(28)11-21(27)22(29)30)14-26-24(32)33-13-20-18-9-5-3-7-16(18)17-8-4-6-10-19(17)20/h3-10,15,20-21,28H,11-14H2,1-2H3,(H,26,32)(H,29,30)/t15-,21-/m1/s1. The molecule has 8 heteroatoms. The maximum atomic E-state index is 12.9. The zero-order chi connectivity index (χ0) is 23.8. The average Bonchev–Trinajstić information content (AvgIpc) is 3.34. The minimum absolute atomic E-state index is 0.00302. The molecule has 174 valence electrons.